The van der Waals surface area contributed by atoms with Crippen molar-refractivity contribution < 1.29 is 14.3 Å². The predicted molar refractivity (Wildman–Crippen MR) is 65.9 cm³/mol. The minimum absolute atomic E-state index is 0.0231. The predicted octanol–water partition coefficient (Wildman–Crippen LogP) is 0.128. The maximum absolute atomic E-state index is 11.8. The number of hydrogen-bond acceptors (Lipinski definition) is 6. The van der Waals surface area contributed by atoms with Crippen molar-refractivity contribution in [3.63, 3.8) is 0 Å². The summed E-state index contributed by atoms with van der Waals surface area (Å²) in [7, 11) is 2.80. The third-order valence-corrected chi connectivity index (χ3v) is 2.48. The zero-order chi connectivity index (χ0) is 13.5. The highest BCUT2D eigenvalue weighted by atomic mass is 35.5. The van der Waals surface area contributed by atoms with Gasteiger partial charge in [0.25, 0.3) is 5.56 Å². The number of halogens is 1. The number of esters is 1. The molecular weight excluding hydrogens is 262 g/mol. The molecule has 0 amide bonds. The van der Waals surface area contributed by atoms with Gasteiger partial charge >= 0.3 is 5.97 Å². The van der Waals surface area contributed by atoms with Crippen LogP contribution in [-0.2, 0) is 20.8 Å². The molecule has 1 heterocycles. The van der Waals surface area contributed by atoms with Gasteiger partial charge in [-0.1, -0.05) is 11.6 Å². The maximum Gasteiger partial charge on any atom is 0.327 e. The molecule has 0 unspecified atom stereocenters. The Hall–Kier alpha value is -1.60. The molecule has 0 radical (unpaired) electrons. The molecule has 0 saturated heterocycles. The van der Waals surface area contributed by atoms with E-state index in [9.17, 15) is 9.59 Å². The summed E-state index contributed by atoms with van der Waals surface area (Å²) in [6, 6.07) is 0. The van der Waals surface area contributed by atoms with Crippen LogP contribution in [0.4, 0.5) is 5.69 Å². The van der Waals surface area contributed by atoms with Gasteiger partial charge in [-0.25, -0.2) is 4.68 Å². The first kappa shape index (κ1) is 14.5. The highest BCUT2D eigenvalue weighted by Crippen LogP contribution is 2.14. The summed E-state index contributed by atoms with van der Waals surface area (Å²) in [5.41, 5.74) is -0.149. The SMILES string of the molecule is COCCNc1cnn(CC(=O)OC)c(=O)c1Cl. The number of hydrogen-bond donors (Lipinski definition) is 1. The van der Waals surface area contributed by atoms with Crippen molar-refractivity contribution in [1.82, 2.24) is 9.78 Å². The van der Waals surface area contributed by atoms with Crippen LogP contribution >= 0.6 is 11.6 Å². The molecule has 1 aromatic heterocycles. The van der Waals surface area contributed by atoms with Crippen molar-refractivity contribution in [3.8, 4) is 0 Å². The van der Waals surface area contributed by atoms with Crippen LogP contribution in [0, 0.1) is 0 Å². The van der Waals surface area contributed by atoms with Gasteiger partial charge in [0.1, 0.15) is 11.6 Å². The van der Waals surface area contributed by atoms with Gasteiger partial charge in [-0.15, -0.1) is 0 Å². The number of carbonyl (C=O) groups is 1. The number of carbonyl (C=O) groups excluding carboxylic acids is 1. The molecule has 8 heteroatoms. The van der Waals surface area contributed by atoms with E-state index in [4.69, 9.17) is 16.3 Å². The highest BCUT2D eigenvalue weighted by Gasteiger charge is 2.11. The van der Waals surface area contributed by atoms with Gasteiger partial charge in [0.2, 0.25) is 0 Å². The largest absolute Gasteiger partial charge is 0.468 e. The molecular formula is C10H14ClN3O4. The lowest BCUT2D eigenvalue weighted by atomic mass is 10.4. The topological polar surface area (TPSA) is 82.4 Å². The molecule has 0 fully saturated rings. The van der Waals surface area contributed by atoms with Crippen LogP contribution in [0.25, 0.3) is 0 Å². The van der Waals surface area contributed by atoms with Crippen LogP contribution in [0.1, 0.15) is 0 Å². The van der Waals surface area contributed by atoms with Crippen molar-refractivity contribution >= 4 is 23.3 Å². The first-order chi connectivity index (χ1) is 8.60. The number of aromatic nitrogens is 2. The maximum atomic E-state index is 11.8. The first-order valence-electron chi connectivity index (χ1n) is 5.15. The van der Waals surface area contributed by atoms with E-state index in [1.54, 1.807) is 7.11 Å². The average Bonchev–Trinajstić information content (AvgIpc) is 2.37. The second-order valence-corrected chi connectivity index (χ2v) is 3.71. The first-order valence-corrected chi connectivity index (χ1v) is 5.53. The van der Waals surface area contributed by atoms with Crippen molar-refractivity contribution in [3.05, 3.63) is 21.6 Å². The van der Waals surface area contributed by atoms with E-state index < -0.39 is 11.5 Å². The van der Waals surface area contributed by atoms with Gasteiger partial charge in [0.05, 0.1) is 25.6 Å². The summed E-state index contributed by atoms with van der Waals surface area (Å²) < 4.78 is 10.2. The minimum atomic E-state index is -0.569. The molecule has 0 aromatic carbocycles. The van der Waals surface area contributed by atoms with E-state index in [1.165, 1.54) is 13.3 Å². The molecule has 100 valence electrons. The van der Waals surface area contributed by atoms with E-state index in [2.05, 4.69) is 15.2 Å². The fraction of sp³-hybridized carbons (Fsp3) is 0.500. The molecule has 1 rings (SSSR count). The van der Waals surface area contributed by atoms with Crippen LogP contribution in [0.3, 0.4) is 0 Å². The van der Waals surface area contributed by atoms with Crippen molar-refractivity contribution in [2.75, 3.05) is 32.7 Å². The fourth-order valence-corrected chi connectivity index (χ4v) is 1.39. The molecule has 18 heavy (non-hydrogen) atoms. The smallest absolute Gasteiger partial charge is 0.327 e. The van der Waals surface area contributed by atoms with E-state index in [0.29, 0.717) is 18.8 Å². The van der Waals surface area contributed by atoms with Crippen LogP contribution in [0.15, 0.2) is 11.0 Å². The molecule has 0 atom stereocenters. The molecule has 0 spiro atoms. The number of methoxy groups -OCH3 is 2. The molecule has 0 saturated carbocycles. The number of ether oxygens (including phenoxy) is 2. The third-order valence-electron chi connectivity index (χ3n) is 2.11. The molecule has 0 aliphatic carbocycles. The Morgan fingerprint density at radius 2 is 2.28 bits per heavy atom. The van der Waals surface area contributed by atoms with Gasteiger partial charge in [0.15, 0.2) is 0 Å². The number of anilines is 1. The Bertz CT molecular complexity index is 475. The molecule has 0 bridgehead atoms. The van der Waals surface area contributed by atoms with E-state index >= 15 is 0 Å². The van der Waals surface area contributed by atoms with Crippen LogP contribution in [0.5, 0.6) is 0 Å². The van der Waals surface area contributed by atoms with Crippen LogP contribution in [-0.4, -0.2) is 43.1 Å². The molecule has 1 N–H and O–H groups in total. The monoisotopic (exact) mass is 275 g/mol. The van der Waals surface area contributed by atoms with E-state index in [-0.39, 0.29) is 11.6 Å². The van der Waals surface area contributed by atoms with Crippen molar-refractivity contribution in [2.24, 2.45) is 0 Å². The third kappa shape index (κ3) is 3.71. The molecule has 0 aliphatic heterocycles. The number of nitrogens with one attached hydrogen (secondary N) is 1. The Morgan fingerprint density at radius 1 is 1.56 bits per heavy atom. The summed E-state index contributed by atoms with van der Waals surface area (Å²) in [6.45, 7) is 0.702. The summed E-state index contributed by atoms with van der Waals surface area (Å²) in [4.78, 5) is 22.8. The number of nitrogens with zero attached hydrogens (tertiary/aromatic N) is 2. The average molecular weight is 276 g/mol. The lowest BCUT2D eigenvalue weighted by Crippen LogP contribution is -2.28. The van der Waals surface area contributed by atoms with Gasteiger partial charge in [-0.3, -0.25) is 9.59 Å². The van der Waals surface area contributed by atoms with Crippen molar-refractivity contribution in [2.45, 2.75) is 6.54 Å². The second-order valence-electron chi connectivity index (χ2n) is 3.33. The zero-order valence-corrected chi connectivity index (χ0v) is 10.9. The van der Waals surface area contributed by atoms with Crippen LogP contribution < -0.4 is 10.9 Å². The standard InChI is InChI=1S/C10H14ClN3O4/c1-17-4-3-12-7-5-13-14(6-8(15)18-2)10(16)9(7)11/h5,12H,3-4,6H2,1-2H3. The molecule has 7 nitrogen and oxygen atoms in total. The fourth-order valence-electron chi connectivity index (χ4n) is 1.18. The highest BCUT2D eigenvalue weighted by molar-refractivity contribution is 6.32. The quantitative estimate of drug-likeness (QED) is 0.587. The summed E-state index contributed by atoms with van der Waals surface area (Å²) in [5, 5.41) is 6.70. The normalized spacial score (nSPS) is 10.2. The molecule has 0 aliphatic rings. The zero-order valence-electron chi connectivity index (χ0n) is 10.1. The summed E-state index contributed by atoms with van der Waals surface area (Å²) in [5.74, 6) is -0.569. The van der Waals surface area contributed by atoms with Gasteiger partial charge in [-0.2, -0.15) is 5.10 Å². The Labute approximate surface area is 109 Å². The Morgan fingerprint density at radius 3 is 2.89 bits per heavy atom. The lowest BCUT2D eigenvalue weighted by Gasteiger charge is -2.09. The second kappa shape index (κ2) is 6.97. The van der Waals surface area contributed by atoms with Gasteiger partial charge < -0.3 is 14.8 Å². The van der Waals surface area contributed by atoms with Crippen LogP contribution in [0.2, 0.25) is 5.02 Å². The van der Waals surface area contributed by atoms with Crippen molar-refractivity contribution in [1.29, 1.82) is 0 Å². The summed E-state index contributed by atoms with van der Waals surface area (Å²) in [6.07, 6.45) is 1.38. The Balaban J connectivity index is 2.84. The Kier molecular flexibility index (Phi) is 5.60. The lowest BCUT2D eigenvalue weighted by molar-refractivity contribution is -0.141. The van der Waals surface area contributed by atoms with Gasteiger partial charge in [-0.05, 0) is 0 Å². The number of rotatable bonds is 6. The summed E-state index contributed by atoms with van der Waals surface area (Å²) >= 11 is 5.88. The molecule has 1 aromatic rings. The minimum Gasteiger partial charge on any atom is -0.468 e. The van der Waals surface area contributed by atoms with Gasteiger partial charge in [0, 0.05) is 13.7 Å². The van der Waals surface area contributed by atoms with E-state index in [0.717, 1.165) is 4.68 Å². The van der Waals surface area contributed by atoms with E-state index in [1.807, 2.05) is 0 Å².